The molecular formula is C9H7NO3. The third kappa shape index (κ3) is 1.51. The van der Waals surface area contributed by atoms with Crippen LogP contribution in [0.5, 0.6) is 0 Å². The van der Waals surface area contributed by atoms with Gasteiger partial charge in [-0.25, -0.2) is 4.98 Å². The summed E-state index contributed by atoms with van der Waals surface area (Å²) < 4.78 is 9.66. The first-order chi connectivity index (χ1) is 6.40. The van der Waals surface area contributed by atoms with E-state index in [1.807, 2.05) is 12.1 Å². The lowest BCUT2D eigenvalue weighted by molar-refractivity contribution is -0.129. The molecule has 1 aromatic carbocycles. The largest absolute Gasteiger partial charge is 0.463 e. The van der Waals surface area contributed by atoms with Gasteiger partial charge < -0.3 is 9.15 Å². The molecule has 0 atom stereocenters. The second kappa shape index (κ2) is 3.26. The molecule has 0 saturated carbocycles. The maximum atomic E-state index is 9.94. The summed E-state index contributed by atoms with van der Waals surface area (Å²) in [5.41, 5.74) is 2.40. The number of hydrogen-bond donors (Lipinski definition) is 0. The van der Waals surface area contributed by atoms with E-state index >= 15 is 0 Å². The van der Waals surface area contributed by atoms with Gasteiger partial charge in [0.25, 0.3) is 6.47 Å². The number of aromatic nitrogens is 1. The number of carbonyl (C=O) groups is 1. The van der Waals surface area contributed by atoms with Crippen molar-refractivity contribution in [3.63, 3.8) is 0 Å². The molecule has 2 aromatic rings. The minimum atomic E-state index is 0.270. The zero-order chi connectivity index (χ0) is 9.10. The van der Waals surface area contributed by atoms with Crippen molar-refractivity contribution in [1.29, 1.82) is 0 Å². The minimum absolute atomic E-state index is 0.270. The fraction of sp³-hybridized carbons (Fsp3) is 0.111. The molecule has 0 aliphatic rings. The molecule has 0 fully saturated rings. The standard InChI is InChI=1S/C9H7NO3/c11-6-12-4-7-1-2-9-8(3-7)10-5-13-9/h1-3,5-6H,4H2. The second-order valence-corrected chi connectivity index (χ2v) is 2.56. The smallest absolute Gasteiger partial charge is 0.293 e. The van der Waals surface area contributed by atoms with E-state index in [1.165, 1.54) is 6.39 Å². The summed E-state index contributed by atoms with van der Waals surface area (Å²) in [6.45, 7) is 0.694. The van der Waals surface area contributed by atoms with Crippen LogP contribution in [0.3, 0.4) is 0 Å². The first-order valence-corrected chi connectivity index (χ1v) is 3.77. The first kappa shape index (κ1) is 7.79. The van der Waals surface area contributed by atoms with Gasteiger partial charge in [-0.05, 0) is 17.7 Å². The molecule has 0 N–H and O–H groups in total. The van der Waals surface area contributed by atoms with Crippen LogP contribution in [-0.2, 0) is 16.1 Å². The van der Waals surface area contributed by atoms with Gasteiger partial charge in [-0.15, -0.1) is 0 Å². The van der Waals surface area contributed by atoms with Gasteiger partial charge in [-0.3, -0.25) is 4.79 Å². The van der Waals surface area contributed by atoms with Crippen LogP contribution in [0.4, 0.5) is 0 Å². The van der Waals surface area contributed by atoms with Crippen molar-refractivity contribution in [2.45, 2.75) is 6.61 Å². The van der Waals surface area contributed by atoms with Gasteiger partial charge in [0.15, 0.2) is 12.0 Å². The van der Waals surface area contributed by atoms with Gasteiger partial charge in [-0.1, -0.05) is 6.07 Å². The fourth-order valence-corrected chi connectivity index (χ4v) is 1.12. The van der Waals surface area contributed by atoms with E-state index in [1.54, 1.807) is 6.07 Å². The van der Waals surface area contributed by atoms with Crippen LogP contribution in [0.1, 0.15) is 5.56 Å². The van der Waals surface area contributed by atoms with Crippen LogP contribution in [0, 0.1) is 0 Å². The quantitative estimate of drug-likeness (QED) is 0.666. The number of benzene rings is 1. The number of carbonyl (C=O) groups excluding carboxylic acids is 1. The molecule has 4 heteroatoms. The fourth-order valence-electron chi connectivity index (χ4n) is 1.12. The average molecular weight is 177 g/mol. The maximum absolute atomic E-state index is 9.94. The van der Waals surface area contributed by atoms with E-state index < -0.39 is 0 Å². The van der Waals surface area contributed by atoms with E-state index in [-0.39, 0.29) is 6.61 Å². The van der Waals surface area contributed by atoms with Crippen LogP contribution in [-0.4, -0.2) is 11.5 Å². The Hall–Kier alpha value is -1.84. The van der Waals surface area contributed by atoms with Gasteiger partial charge in [0.05, 0.1) is 0 Å². The predicted octanol–water partition coefficient (Wildman–Crippen LogP) is 1.50. The normalized spacial score (nSPS) is 10.2. The summed E-state index contributed by atoms with van der Waals surface area (Å²) in [5, 5.41) is 0. The van der Waals surface area contributed by atoms with Gasteiger partial charge >= 0.3 is 0 Å². The van der Waals surface area contributed by atoms with Gasteiger partial charge in [0, 0.05) is 0 Å². The molecule has 66 valence electrons. The Morgan fingerprint density at radius 3 is 3.31 bits per heavy atom. The first-order valence-electron chi connectivity index (χ1n) is 3.77. The van der Waals surface area contributed by atoms with Crippen LogP contribution < -0.4 is 0 Å². The number of oxazole rings is 1. The predicted molar refractivity (Wildman–Crippen MR) is 44.9 cm³/mol. The van der Waals surface area contributed by atoms with Crippen LogP contribution in [0.25, 0.3) is 11.1 Å². The molecule has 13 heavy (non-hydrogen) atoms. The Kier molecular flexibility index (Phi) is 1.96. The van der Waals surface area contributed by atoms with Crippen LogP contribution >= 0.6 is 0 Å². The van der Waals surface area contributed by atoms with Crippen molar-refractivity contribution in [2.24, 2.45) is 0 Å². The summed E-state index contributed by atoms with van der Waals surface area (Å²) in [7, 11) is 0. The molecule has 0 unspecified atom stereocenters. The van der Waals surface area contributed by atoms with Gasteiger partial charge in [0.2, 0.25) is 0 Å². The number of rotatable bonds is 3. The van der Waals surface area contributed by atoms with Crippen LogP contribution in [0.2, 0.25) is 0 Å². The number of hydrogen-bond acceptors (Lipinski definition) is 4. The lowest BCUT2D eigenvalue weighted by Gasteiger charge is -1.97. The molecule has 1 heterocycles. The highest BCUT2D eigenvalue weighted by molar-refractivity contribution is 5.72. The zero-order valence-electron chi connectivity index (χ0n) is 6.77. The molecule has 0 spiro atoms. The molecule has 2 rings (SSSR count). The van der Waals surface area contributed by atoms with Crippen LogP contribution in [0.15, 0.2) is 29.0 Å². The van der Waals surface area contributed by atoms with Crippen molar-refractivity contribution in [1.82, 2.24) is 4.98 Å². The molecule has 4 nitrogen and oxygen atoms in total. The SMILES string of the molecule is O=COCc1ccc2ocnc2c1. The number of nitrogens with zero attached hydrogens (tertiary/aromatic N) is 1. The Bertz CT molecular complexity index is 421. The summed E-state index contributed by atoms with van der Waals surface area (Å²) in [4.78, 5) is 13.9. The Morgan fingerprint density at radius 1 is 1.54 bits per heavy atom. The van der Waals surface area contributed by atoms with E-state index in [0.29, 0.717) is 6.47 Å². The zero-order valence-corrected chi connectivity index (χ0v) is 6.77. The van der Waals surface area contributed by atoms with Crippen molar-refractivity contribution >= 4 is 17.6 Å². The highest BCUT2D eigenvalue weighted by Gasteiger charge is 1.99. The summed E-state index contributed by atoms with van der Waals surface area (Å²) in [6, 6.07) is 5.45. The highest BCUT2D eigenvalue weighted by Crippen LogP contribution is 2.14. The van der Waals surface area contributed by atoms with Crippen molar-refractivity contribution in [3.05, 3.63) is 30.2 Å². The number of ether oxygens (including phenoxy) is 1. The molecule has 0 saturated heterocycles. The van der Waals surface area contributed by atoms with Crippen molar-refractivity contribution in [3.8, 4) is 0 Å². The topological polar surface area (TPSA) is 52.3 Å². The maximum Gasteiger partial charge on any atom is 0.293 e. The Balaban J connectivity index is 2.31. The van der Waals surface area contributed by atoms with Gasteiger partial charge in [0.1, 0.15) is 12.1 Å². The Labute approximate surface area is 74.1 Å². The second-order valence-electron chi connectivity index (χ2n) is 2.56. The summed E-state index contributed by atoms with van der Waals surface area (Å²) in [5.74, 6) is 0. The minimum Gasteiger partial charge on any atom is -0.463 e. The molecule has 1 aromatic heterocycles. The molecule has 0 radical (unpaired) electrons. The molecular weight excluding hydrogens is 170 g/mol. The summed E-state index contributed by atoms with van der Waals surface area (Å²) >= 11 is 0. The third-order valence-electron chi connectivity index (χ3n) is 1.71. The van der Waals surface area contributed by atoms with E-state index in [0.717, 1.165) is 16.7 Å². The van der Waals surface area contributed by atoms with E-state index in [4.69, 9.17) is 4.42 Å². The molecule has 0 aliphatic heterocycles. The molecule has 0 aliphatic carbocycles. The lowest BCUT2D eigenvalue weighted by Crippen LogP contribution is -1.89. The lowest BCUT2D eigenvalue weighted by atomic mass is 10.2. The van der Waals surface area contributed by atoms with Gasteiger partial charge in [-0.2, -0.15) is 0 Å². The van der Waals surface area contributed by atoms with Crippen molar-refractivity contribution in [2.75, 3.05) is 0 Å². The molecule has 0 bridgehead atoms. The monoisotopic (exact) mass is 177 g/mol. The average Bonchev–Trinajstić information content (AvgIpc) is 2.61. The Morgan fingerprint density at radius 2 is 2.46 bits per heavy atom. The van der Waals surface area contributed by atoms with E-state index in [2.05, 4.69) is 9.72 Å². The summed E-state index contributed by atoms with van der Waals surface area (Å²) in [6.07, 6.45) is 1.38. The van der Waals surface area contributed by atoms with E-state index in [9.17, 15) is 4.79 Å². The third-order valence-corrected chi connectivity index (χ3v) is 1.71. The van der Waals surface area contributed by atoms with Crippen molar-refractivity contribution < 1.29 is 13.9 Å². The highest BCUT2D eigenvalue weighted by atomic mass is 16.5. The number of fused-ring (bicyclic) bond motifs is 1. The molecule has 0 amide bonds.